The molecule has 0 spiro atoms. The van der Waals surface area contributed by atoms with Gasteiger partial charge in [-0.15, -0.1) is 0 Å². The van der Waals surface area contributed by atoms with Crippen molar-refractivity contribution in [3.63, 3.8) is 0 Å². The standard InChI is InChI=1S/C22H19N5O/c1-28-21-11-5-3-9-18(21)19-15-26(22-12-6-7-13-24-22)16-27(25-19)20-10-4-2-8-17(20)14-23/h2-13H,15-16H2,1H3. The van der Waals surface area contributed by atoms with Gasteiger partial charge < -0.3 is 9.64 Å². The normalized spacial score (nSPS) is 13.6. The van der Waals surface area contributed by atoms with E-state index in [1.54, 1.807) is 19.4 Å². The summed E-state index contributed by atoms with van der Waals surface area (Å²) in [6, 6.07) is 23.4. The molecule has 0 saturated carbocycles. The lowest BCUT2D eigenvalue weighted by molar-refractivity contribution is 0.413. The number of benzene rings is 2. The second kappa shape index (κ2) is 7.80. The fourth-order valence-electron chi connectivity index (χ4n) is 3.24. The van der Waals surface area contributed by atoms with Crippen molar-refractivity contribution in [2.45, 2.75) is 0 Å². The molecule has 6 nitrogen and oxygen atoms in total. The van der Waals surface area contributed by atoms with Gasteiger partial charge in [0.15, 0.2) is 0 Å². The molecule has 1 aromatic heterocycles. The van der Waals surface area contributed by atoms with Gasteiger partial charge in [0.25, 0.3) is 0 Å². The van der Waals surface area contributed by atoms with Crippen molar-refractivity contribution in [3.8, 4) is 11.8 Å². The van der Waals surface area contributed by atoms with Gasteiger partial charge in [0, 0.05) is 11.8 Å². The van der Waals surface area contributed by atoms with Crippen LogP contribution >= 0.6 is 0 Å². The Bertz CT molecular complexity index is 1040. The highest BCUT2D eigenvalue weighted by Gasteiger charge is 2.25. The summed E-state index contributed by atoms with van der Waals surface area (Å²) in [5.41, 5.74) is 3.11. The highest BCUT2D eigenvalue weighted by molar-refractivity contribution is 6.06. The van der Waals surface area contributed by atoms with Crippen molar-refractivity contribution >= 4 is 17.2 Å². The number of hydrogen-bond donors (Lipinski definition) is 0. The Morgan fingerprint density at radius 1 is 1.00 bits per heavy atom. The topological polar surface area (TPSA) is 64.8 Å². The number of ether oxygens (including phenoxy) is 1. The quantitative estimate of drug-likeness (QED) is 0.702. The van der Waals surface area contributed by atoms with Crippen molar-refractivity contribution in [1.82, 2.24) is 4.98 Å². The molecule has 138 valence electrons. The van der Waals surface area contributed by atoms with E-state index in [0.717, 1.165) is 28.5 Å². The van der Waals surface area contributed by atoms with E-state index >= 15 is 0 Å². The number of hydrogen-bond acceptors (Lipinski definition) is 6. The number of aromatic nitrogens is 1. The minimum absolute atomic E-state index is 0.494. The van der Waals surface area contributed by atoms with Crippen molar-refractivity contribution in [1.29, 1.82) is 5.26 Å². The molecule has 0 aliphatic carbocycles. The summed E-state index contributed by atoms with van der Waals surface area (Å²) in [5, 5.41) is 16.2. The van der Waals surface area contributed by atoms with Gasteiger partial charge in [-0.05, 0) is 36.4 Å². The zero-order chi connectivity index (χ0) is 19.3. The number of para-hydroxylation sites is 2. The fraction of sp³-hybridized carbons (Fsp3) is 0.136. The molecule has 1 aliphatic rings. The Kier molecular flexibility index (Phi) is 4.89. The van der Waals surface area contributed by atoms with E-state index in [1.165, 1.54) is 0 Å². The van der Waals surface area contributed by atoms with Gasteiger partial charge in [-0.3, -0.25) is 0 Å². The number of pyridine rings is 1. The maximum Gasteiger partial charge on any atom is 0.130 e. The van der Waals surface area contributed by atoms with Gasteiger partial charge in [0.2, 0.25) is 0 Å². The van der Waals surface area contributed by atoms with Crippen LogP contribution in [0.25, 0.3) is 0 Å². The first-order valence-electron chi connectivity index (χ1n) is 8.93. The molecule has 2 heterocycles. The summed E-state index contributed by atoms with van der Waals surface area (Å²) in [4.78, 5) is 6.62. The SMILES string of the molecule is COc1ccccc1C1=NN(c2ccccc2C#N)CN(c2ccccn2)C1. The van der Waals surface area contributed by atoms with Crippen molar-refractivity contribution < 1.29 is 4.74 Å². The Balaban J connectivity index is 1.81. The molecule has 4 rings (SSSR count). The lowest BCUT2D eigenvalue weighted by Crippen LogP contribution is -2.45. The average molecular weight is 369 g/mol. The van der Waals surface area contributed by atoms with Gasteiger partial charge in [0.1, 0.15) is 24.3 Å². The molecule has 3 aromatic rings. The summed E-state index contributed by atoms with van der Waals surface area (Å²) in [5.74, 6) is 1.61. The average Bonchev–Trinajstić information content (AvgIpc) is 2.79. The largest absolute Gasteiger partial charge is 0.496 e. The summed E-state index contributed by atoms with van der Waals surface area (Å²) >= 11 is 0. The van der Waals surface area contributed by atoms with Crippen LogP contribution in [0.4, 0.5) is 11.5 Å². The monoisotopic (exact) mass is 369 g/mol. The first-order valence-corrected chi connectivity index (χ1v) is 8.93. The zero-order valence-electron chi connectivity index (χ0n) is 15.5. The maximum absolute atomic E-state index is 9.53. The molecular formula is C22H19N5O. The van der Waals surface area contributed by atoms with Gasteiger partial charge in [-0.25, -0.2) is 9.99 Å². The van der Waals surface area contributed by atoms with Gasteiger partial charge in [0.05, 0.1) is 30.6 Å². The van der Waals surface area contributed by atoms with Crippen LogP contribution < -0.4 is 14.6 Å². The van der Waals surface area contributed by atoms with E-state index < -0.39 is 0 Å². The van der Waals surface area contributed by atoms with Gasteiger partial charge in [-0.1, -0.05) is 30.3 Å². The molecule has 1 aliphatic heterocycles. The zero-order valence-corrected chi connectivity index (χ0v) is 15.5. The predicted octanol–water partition coefficient (Wildman–Crippen LogP) is 3.65. The molecule has 0 fully saturated rings. The third-order valence-corrected chi connectivity index (χ3v) is 4.58. The van der Waals surface area contributed by atoms with Crippen LogP contribution in [0.5, 0.6) is 5.75 Å². The van der Waals surface area contributed by atoms with E-state index in [2.05, 4.69) is 16.0 Å². The number of nitrogens with zero attached hydrogens (tertiary/aromatic N) is 5. The Morgan fingerprint density at radius 2 is 1.79 bits per heavy atom. The lowest BCUT2D eigenvalue weighted by atomic mass is 10.1. The van der Waals surface area contributed by atoms with Crippen LogP contribution in [0.1, 0.15) is 11.1 Å². The number of methoxy groups -OCH3 is 1. The van der Waals surface area contributed by atoms with Crippen LogP contribution in [0.15, 0.2) is 78.0 Å². The maximum atomic E-state index is 9.53. The van der Waals surface area contributed by atoms with Crippen LogP contribution in [0.2, 0.25) is 0 Å². The predicted molar refractivity (Wildman–Crippen MR) is 110 cm³/mol. The number of anilines is 2. The molecular weight excluding hydrogens is 350 g/mol. The van der Waals surface area contributed by atoms with Crippen LogP contribution in [0.3, 0.4) is 0 Å². The molecule has 0 atom stereocenters. The van der Waals surface area contributed by atoms with Crippen molar-refractivity contribution in [2.24, 2.45) is 5.10 Å². The van der Waals surface area contributed by atoms with Gasteiger partial charge >= 0.3 is 0 Å². The summed E-state index contributed by atoms with van der Waals surface area (Å²) in [7, 11) is 1.65. The molecule has 0 radical (unpaired) electrons. The smallest absolute Gasteiger partial charge is 0.130 e. The second-order valence-electron chi connectivity index (χ2n) is 6.30. The Labute approximate surface area is 163 Å². The first-order chi connectivity index (χ1) is 13.8. The van der Waals surface area contributed by atoms with Crippen LogP contribution in [0, 0.1) is 11.3 Å². The van der Waals surface area contributed by atoms with E-state index in [-0.39, 0.29) is 0 Å². The molecule has 0 bridgehead atoms. The van der Waals surface area contributed by atoms with E-state index in [1.807, 2.05) is 65.7 Å². The molecule has 0 N–H and O–H groups in total. The van der Waals surface area contributed by atoms with Crippen molar-refractivity contribution in [2.75, 3.05) is 30.2 Å². The van der Waals surface area contributed by atoms with Crippen LogP contribution in [-0.4, -0.2) is 31.0 Å². The van der Waals surface area contributed by atoms with E-state index in [9.17, 15) is 5.26 Å². The van der Waals surface area contributed by atoms with Crippen LogP contribution in [-0.2, 0) is 0 Å². The second-order valence-corrected chi connectivity index (χ2v) is 6.30. The number of rotatable bonds is 4. The Morgan fingerprint density at radius 3 is 2.57 bits per heavy atom. The molecule has 0 amide bonds. The summed E-state index contributed by atoms with van der Waals surface area (Å²) in [6.45, 7) is 1.08. The summed E-state index contributed by atoms with van der Waals surface area (Å²) < 4.78 is 5.54. The minimum atomic E-state index is 0.494. The molecule has 6 heteroatoms. The van der Waals surface area contributed by atoms with E-state index in [0.29, 0.717) is 18.8 Å². The Hall–Kier alpha value is -3.85. The van der Waals surface area contributed by atoms with Crippen molar-refractivity contribution in [3.05, 3.63) is 84.1 Å². The summed E-state index contributed by atoms with van der Waals surface area (Å²) in [6.07, 6.45) is 1.78. The fourth-order valence-corrected chi connectivity index (χ4v) is 3.24. The molecule has 0 saturated heterocycles. The third kappa shape index (κ3) is 3.38. The third-order valence-electron chi connectivity index (χ3n) is 4.58. The first kappa shape index (κ1) is 17.6. The highest BCUT2D eigenvalue weighted by atomic mass is 16.5. The molecule has 2 aromatic carbocycles. The van der Waals surface area contributed by atoms with E-state index in [4.69, 9.17) is 9.84 Å². The van der Waals surface area contributed by atoms with Gasteiger partial charge in [-0.2, -0.15) is 10.4 Å². The molecule has 0 unspecified atom stereocenters. The lowest BCUT2D eigenvalue weighted by Gasteiger charge is -2.35. The highest BCUT2D eigenvalue weighted by Crippen LogP contribution is 2.27. The molecule has 28 heavy (non-hydrogen) atoms. The minimum Gasteiger partial charge on any atom is -0.496 e. The number of nitriles is 1. The number of hydrazone groups is 1.